The number of rotatable bonds is 6. The second-order valence-corrected chi connectivity index (χ2v) is 11.0. The van der Waals surface area contributed by atoms with Gasteiger partial charge in [-0.15, -0.1) is 0 Å². The Morgan fingerprint density at radius 3 is 2.33 bits per heavy atom. The van der Waals surface area contributed by atoms with Crippen molar-refractivity contribution < 1.29 is 43.1 Å². The number of carbonyl (C=O) groups is 1. The van der Waals surface area contributed by atoms with E-state index in [9.17, 15) is 9.90 Å². The zero-order chi connectivity index (χ0) is 28.8. The second kappa shape index (κ2) is 10.9. The molecule has 0 saturated heterocycles. The number of hydrogen-bond donors (Lipinski definition) is 1. The summed E-state index contributed by atoms with van der Waals surface area (Å²) in [6.45, 7) is 3.64. The standard InChI is InChI=1S/C30H31IO9/c1-15-11-16-12-21-25(39-14-38-21)26(36-5)22(16)23-18(13-20(34-3)24(35-4)27(23)37-6)28(30(15,2)33)40-29(32)17-9-7-8-10-19(17)31/h7-10,12-13,15,28,33H,11,14H2,1-6H3/t15-,28-,30-/m0/s1. The minimum atomic E-state index is -1.52. The fourth-order valence-corrected chi connectivity index (χ4v) is 6.03. The third kappa shape index (κ3) is 4.46. The van der Waals surface area contributed by atoms with Crippen LogP contribution in [0.25, 0.3) is 11.1 Å². The second-order valence-electron chi connectivity index (χ2n) is 9.88. The molecule has 3 atom stereocenters. The molecule has 0 aromatic heterocycles. The number of halogens is 1. The van der Waals surface area contributed by atoms with E-state index in [1.165, 1.54) is 21.3 Å². The first-order valence-corrected chi connectivity index (χ1v) is 13.8. The summed E-state index contributed by atoms with van der Waals surface area (Å²) in [7, 11) is 6.09. The Bertz CT molecular complexity index is 1470. The normalized spacial score (nSPS) is 20.9. The van der Waals surface area contributed by atoms with E-state index in [1.807, 2.05) is 25.1 Å². The quantitative estimate of drug-likeness (QED) is 0.269. The minimum Gasteiger partial charge on any atom is -0.493 e. The number of methoxy groups -OCH3 is 4. The van der Waals surface area contributed by atoms with Crippen molar-refractivity contribution in [1.82, 2.24) is 0 Å². The molecule has 3 aromatic rings. The summed E-state index contributed by atoms with van der Waals surface area (Å²) in [5.41, 5.74) is 1.36. The zero-order valence-electron chi connectivity index (χ0n) is 23.1. The van der Waals surface area contributed by atoms with Crippen LogP contribution in [0.15, 0.2) is 36.4 Å². The van der Waals surface area contributed by atoms with Gasteiger partial charge in [0.2, 0.25) is 18.3 Å². The average molecular weight is 662 g/mol. The molecule has 2 aliphatic rings. The van der Waals surface area contributed by atoms with Gasteiger partial charge in [0, 0.05) is 20.3 Å². The molecule has 10 heteroatoms. The van der Waals surface area contributed by atoms with Crippen LogP contribution in [0.1, 0.15) is 41.4 Å². The number of ether oxygens (including phenoxy) is 7. The van der Waals surface area contributed by atoms with E-state index in [-0.39, 0.29) is 12.7 Å². The molecule has 0 unspecified atom stereocenters. The van der Waals surface area contributed by atoms with Crippen LogP contribution in [0.4, 0.5) is 0 Å². The van der Waals surface area contributed by atoms with Crippen molar-refractivity contribution in [2.24, 2.45) is 5.92 Å². The monoisotopic (exact) mass is 662 g/mol. The zero-order valence-corrected chi connectivity index (χ0v) is 25.3. The molecule has 1 N–H and O–H groups in total. The molecule has 0 spiro atoms. The van der Waals surface area contributed by atoms with E-state index < -0.39 is 17.7 Å². The Balaban J connectivity index is 1.86. The Morgan fingerprint density at radius 2 is 1.68 bits per heavy atom. The van der Waals surface area contributed by atoms with E-state index in [0.717, 1.165) is 9.13 Å². The van der Waals surface area contributed by atoms with E-state index in [1.54, 1.807) is 32.2 Å². The SMILES string of the molecule is COc1cc2c(c(OC)c1OC)-c1c(cc3c(c1OC)OCO3)C[C@H](C)[C@](C)(O)[C@H]2OC(=O)c1ccccc1I. The summed E-state index contributed by atoms with van der Waals surface area (Å²) in [4.78, 5) is 13.6. The molecule has 0 amide bonds. The largest absolute Gasteiger partial charge is 0.493 e. The highest BCUT2D eigenvalue weighted by Gasteiger charge is 2.47. The van der Waals surface area contributed by atoms with Gasteiger partial charge in [-0.1, -0.05) is 19.1 Å². The molecule has 9 nitrogen and oxygen atoms in total. The maximum absolute atomic E-state index is 13.6. The van der Waals surface area contributed by atoms with Gasteiger partial charge < -0.3 is 38.3 Å². The molecule has 0 radical (unpaired) electrons. The Kier molecular flexibility index (Phi) is 7.66. The van der Waals surface area contributed by atoms with Gasteiger partial charge >= 0.3 is 5.97 Å². The number of carbonyl (C=O) groups excluding carboxylic acids is 1. The lowest BCUT2D eigenvalue weighted by Crippen LogP contribution is -2.44. The summed E-state index contributed by atoms with van der Waals surface area (Å²) >= 11 is 2.09. The van der Waals surface area contributed by atoms with Crippen LogP contribution in [0.3, 0.4) is 0 Å². The van der Waals surface area contributed by atoms with Crippen molar-refractivity contribution in [3.63, 3.8) is 0 Å². The first-order chi connectivity index (χ1) is 19.2. The third-order valence-electron chi connectivity index (χ3n) is 7.67. The predicted molar refractivity (Wildman–Crippen MR) is 155 cm³/mol. The van der Waals surface area contributed by atoms with E-state index in [4.69, 9.17) is 33.2 Å². The van der Waals surface area contributed by atoms with E-state index in [2.05, 4.69) is 22.6 Å². The van der Waals surface area contributed by atoms with Crippen LogP contribution in [-0.2, 0) is 11.2 Å². The Morgan fingerprint density at radius 1 is 0.975 bits per heavy atom. The highest BCUT2D eigenvalue weighted by molar-refractivity contribution is 14.1. The van der Waals surface area contributed by atoms with Gasteiger partial charge in [-0.25, -0.2) is 4.79 Å². The van der Waals surface area contributed by atoms with Crippen LogP contribution < -0.4 is 28.4 Å². The molecule has 0 fully saturated rings. The number of aliphatic hydroxyl groups is 1. The van der Waals surface area contributed by atoms with Gasteiger partial charge in [0.1, 0.15) is 5.60 Å². The van der Waals surface area contributed by atoms with Crippen molar-refractivity contribution in [1.29, 1.82) is 0 Å². The fraction of sp³-hybridized carbons (Fsp3) is 0.367. The van der Waals surface area contributed by atoms with Crippen molar-refractivity contribution in [2.45, 2.75) is 32.0 Å². The molecule has 40 heavy (non-hydrogen) atoms. The molecule has 0 bridgehead atoms. The van der Waals surface area contributed by atoms with Crippen LogP contribution >= 0.6 is 22.6 Å². The molecule has 3 aromatic carbocycles. The molecule has 5 rings (SSSR count). The smallest absolute Gasteiger partial charge is 0.339 e. The van der Waals surface area contributed by atoms with Crippen LogP contribution in [0.2, 0.25) is 0 Å². The maximum atomic E-state index is 13.6. The summed E-state index contributed by atoms with van der Waals surface area (Å²) in [6.07, 6.45) is -0.721. The number of esters is 1. The van der Waals surface area contributed by atoms with Crippen molar-refractivity contribution in [3.8, 4) is 45.6 Å². The lowest BCUT2D eigenvalue weighted by atomic mass is 9.73. The van der Waals surface area contributed by atoms with Crippen molar-refractivity contribution in [2.75, 3.05) is 35.2 Å². The number of hydrogen-bond acceptors (Lipinski definition) is 9. The fourth-order valence-electron chi connectivity index (χ4n) is 5.42. The molecular formula is C30H31IO9. The highest BCUT2D eigenvalue weighted by atomic mass is 127. The van der Waals surface area contributed by atoms with Crippen LogP contribution in [0.5, 0.6) is 34.5 Å². The number of benzene rings is 3. The first-order valence-electron chi connectivity index (χ1n) is 12.7. The molecule has 1 aliphatic heterocycles. The average Bonchev–Trinajstić information content (AvgIpc) is 3.42. The van der Waals surface area contributed by atoms with Gasteiger partial charge in [0.25, 0.3) is 0 Å². The topological polar surface area (TPSA) is 102 Å². The van der Waals surface area contributed by atoms with Crippen molar-refractivity contribution >= 4 is 28.6 Å². The number of fused-ring (bicyclic) bond motifs is 4. The lowest BCUT2D eigenvalue weighted by Gasteiger charge is -2.41. The van der Waals surface area contributed by atoms with Gasteiger partial charge in [-0.05, 0) is 71.7 Å². The molecular weight excluding hydrogens is 631 g/mol. The molecule has 1 aliphatic carbocycles. The Hall–Kier alpha value is -3.38. The Labute approximate surface area is 246 Å². The summed E-state index contributed by atoms with van der Waals surface area (Å²) < 4.78 is 41.7. The van der Waals surface area contributed by atoms with Gasteiger partial charge in [-0.2, -0.15) is 0 Å². The molecule has 1 heterocycles. The first kappa shape index (κ1) is 28.2. The van der Waals surface area contributed by atoms with Gasteiger partial charge in [-0.3, -0.25) is 0 Å². The summed E-state index contributed by atoms with van der Waals surface area (Å²) in [5.74, 6) is 1.51. The minimum absolute atomic E-state index is 0.0493. The van der Waals surface area contributed by atoms with Gasteiger partial charge in [0.15, 0.2) is 29.1 Å². The van der Waals surface area contributed by atoms with Gasteiger partial charge in [0.05, 0.1) is 34.0 Å². The van der Waals surface area contributed by atoms with E-state index in [0.29, 0.717) is 63.2 Å². The lowest BCUT2D eigenvalue weighted by molar-refractivity contribution is -0.107. The highest BCUT2D eigenvalue weighted by Crippen LogP contribution is 2.59. The predicted octanol–water partition coefficient (Wildman–Crippen LogP) is 5.56. The van der Waals surface area contributed by atoms with Crippen LogP contribution in [-0.4, -0.2) is 51.9 Å². The molecule has 0 saturated carbocycles. The van der Waals surface area contributed by atoms with E-state index >= 15 is 0 Å². The van der Waals surface area contributed by atoms with Crippen molar-refractivity contribution in [3.05, 3.63) is 56.7 Å². The molecule has 212 valence electrons. The van der Waals surface area contributed by atoms with Crippen LogP contribution in [0, 0.1) is 9.49 Å². The summed E-state index contributed by atoms with van der Waals surface area (Å²) in [5, 5.41) is 12.1. The summed E-state index contributed by atoms with van der Waals surface area (Å²) in [6, 6.07) is 10.7. The maximum Gasteiger partial charge on any atom is 0.339 e. The third-order valence-corrected chi connectivity index (χ3v) is 8.61.